The topological polar surface area (TPSA) is 39.7 Å². The SMILES string of the molecule is CN=C(NCCCC1CCCCC1)NCC1CCCN(C)C1. The minimum Gasteiger partial charge on any atom is -0.356 e. The number of hydrogen-bond acceptors (Lipinski definition) is 2. The molecule has 0 spiro atoms. The molecule has 1 saturated heterocycles. The van der Waals surface area contributed by atoms with Gasteiger partial charge in [0.25, 0.3) is 0 Å². The second kappa shape index (κ2) is 10.1. The summed E-state index contributed by atoms with van der Waals surface area (Å²) in [5.74, 6) is 2.74. The molecule has 0 aromatic heterocycles. The van der Waals surface area contributed by atoms with Gasteiger partial charge in [-0.25, -0.2) is 0 Å². The highest BCUT2D eigenvalue weighted by molar-refractivity contribution is 5.79. The maximum Gasteiger partial charge on any atom is 0.190 e. The first-order valence-corrected chi connectivity index (χ1v) is 9.41. The van der Waals surface area contributed by atoms with Gasteiger partial charge in [-0.2, -0.15) is 0 Å². The van der Waals surface area contributed by atoms with Crippen LogP contribution in [0.1, 0.15) is 57.8 Å². The van der Waals surface area contributed by atoms with E-state index in [1.807, 2.05) is 7.05 Å². The van der Waals surface area contributed by atoms with Crippen LogP contribution >= 0.6 is 0 Å². The molecule has 1 aliphatic heterocycles. The molecule has 4 heteroatoms. The van der Waals surface area contributed by atoms with Crippen molar-refractivity contribution in [3.8, 4) is 0 Å². The Balaban J connectivity index is 1.54. The zero-order valence-corrected chi connectivity index (χ0v) is 14.7. The molecule has 0 aromatic carbocycles. The van der Waals surface area contributed by atoms with E-state index in [1.54, 1.807) is 0 Å². The molecule has 1 saturated carbocycles. The molecule has 2 N–H and O–H groups in total. The number of nitrogens with one attached hydrogen (secondary N) is 2. The average molecular weight is 309 g/mol. The smallest absolute Gasteiger partial charge is 0.190 e. The van der Waals surface area contributed by atoms with Crippen LogP contribution in [-0.2, 0) is 0 Å². The van der Waals surface area contributed by atoms with Gasteiger partial charge in [0.1, 0.15) is 0 Å². The summed E-state index contributed by atoms with van der Waals surface area (Å²) >= 11 is 0. The fourth-order valence-electron chi connectivity index (χ4n) is 3.97. The van der Waals surface area contributed by atoms with E-state index in [-0.39, 0.29) is 0 Å². The van der Waals surface area contributed by atoms with Crippen molar-refractivity contribution in [2.45, 2.75) is 57.8 Å². The van der Waals surface area contributed by atoms with E-state index < -0.39 is 0 Å². The summed E-state index contributed by atoms with van der Waals surface area (Å²) in [5, 5.41) is 7.00. The van der Waals surface area contributed by atoms with E-state index in [1.165, 1.54) is 70.9 Å². The molecule has 2 aliphatic rings. The lowest BCUT2D eigenvalue weighted by molar-refractivity contribution is 0.210. The summed E-state index contributed by atoms with van der Waals surface area (Å²) in [5.41, 5.74) is 0. The molecule has 0 amide bonds. The van der Waals surface area contributed by atoms with Gasteiger partial charge in [-0.05, 0) is 51.1 Å². The van der Waals surface area contributed by atoms with Gasteiger partial charge in [-0.15, -0.1) is 0 Å². The Labute approximate surface area is 137 Å². The predicted octanol–water partition coefficient (Wildman–Crippen LogP) is 2.85. The molecular weight excluding hydrogens is 272 g/mol. The van der Waals surface area contributed by atoms with Crippen LogP contribution in [0.5, 0.6) is 0 Å². The van der Waals surface area contributed by atoms with Crippen LogP contribution in [-0.4, -0.2) is 51.1 Å². The molecule has 2 rings (SSSR count). The van der Waals surface area contributed by atoms with Crippen molar-refractivity contribution in [3.63, 3.8) is 0 Å². The average Bonchev–Trinajstić information content (AvgIpc) is 2.55. The van der Waals surface area contributed by atoms with Crippen LogP contribution < -0.4 is 10.6 Å². The van der Waals surface area contributed by atoms with Crippen molar-refractivity contribution >= 4 is 5.96 Å². The molecule has 1 heterocycles. The molecule has 0 bridgehead atoms. The Bertz CT molecular complexity index is 323. The summed E-state index contributed by atoms with van der Waals surface area (Å²) in [6, 6.07) is 0. The summed E-state index contributed by atoms with van der Waals surface area (Å²) in [4.78, 5) is 6.80. The third-order valence-electron chi connectivity index (χ3n) is 5.31. The van der Waals surface area contributed by atoms with Gasteiger partial charge >= 0.3 is 0 Å². The van der Waals surface area contributed by atoms with Crippen molar-refractivity contribution in [1.82, 2.24) is 15.5 Å². The zero-order chi connectivity index (χ0) is 15.6. The molecule has 0 radical (unpaired) electrons. The lowest BCUT2D eigenvalue weighted by atomic mass is 9.86. The zero-order valence-electron chi connectivity index (χ0n) is 14.7. The number of piperidine rings is 1. The quantitative estimate of drug-likeness (QED) is 0.450. The maximum atomic E-state index is 4.36. The Morgan fingerprint density at radius 1 is 1.05 bits per heavy atom. The normalized spacial score (nSPS) is 25.2. The monoisotopic (exact) mass is 308 g/mol. The van der Waals surface area contributed by atoms with Gasteiger partial charge in [0.2, 0.25) is 0 Å². The first kappa shape index (κ1) is 17.6. The number of likely N-dealkylation sites (tertiary alicyclic amines) is 1. The van der Waals surface area contributed by atoms with Gasteiger partial charge in [0.15, 0.2) is 5.96 Å². The van der Waals surface area contributed by atoms with E-state index >= 15 is 0 Å². The van der Waals surface area contributed by atoms with Crippen LogP contribution in [0.25, 0.3) is 0 Å². The van der Waals surface area contributed by atoms with Crippen molar-refractivity contribution in [2.75, 3.05) is 40.3 Å². The molecular formula is C18H36N4. The standard InChI is InChI=1S/C18H36N4/c1-19-18(21-14-17-11-7-13-22(2)15-17)20-12-6-10-16-8-4-3-5-9-16/h16-17H,3-15H2,1-2H3,(H2,19,20,21). The largest absolute Gasteiger partial charge is 0.356 e. The number of aliphatic imine (C=N–C) groups is 1. The first-order chi connectivity index (χ1) is 10.8. The minimum absolute atomic E-state index is 0.763. The van der Waals surface area contributed by atoms with Gasteiger partial charge < -0.3 is 15.5 Å². The van der Waals surface area contributed by atoms with Crippen molar-refractivity contribution in [1.29, 1.82) is 0 Å². The molecule has 1 aliphatic carbocycles. The predicted molar refractivity (Wildman–Crippen MR) is 95.4 cm³/mol. The second-order valence-corrected chi connectivity index (χ2v) is 7.30. The third kappa shape index (κ3) is 6.55. The van der Waals surface area contributed by atoms with Crippen LogP contribution in [0.3, 0.4) is 0 Å². The minimum atomic E-state index is 0.763. The lowest BCUT2D eigenvalue weighted by Crippen LogP contribution is -2.43. The summed E-state index contributed by atoms with van der Waals surface area (Å²) in [6.45, 7) is 4.57. The Morgan fingerprint density at radius 2 is 1.82 bits per heavy atom. The maximum absolute atomic E-state index is 4.36. The van der Waals surface area contributed by atoms with Crippen molar-refractivity contribution in [3.05, 3.63) is 0 Å². The Morgan fingerprint density at radius 3 is 2.55 bits per heavy atom. The van der Waals surface area contributed by atoms with Crippen molar-refractivity contribution in [2.24, 2.45) is 16.8 Å². The molecule has 1 unspecified atom stereocenters. The number of rotatable bonds is 6. The fraction of sp³-hybridized carbons (Fsp3) is 0.944. The summed E-state index contributed by atoms with van der Waals surface area (Å²) in [7, 11) is 4.11. The van der Waals surface area contributed by atoms with Gasteiger partial charge in [-0.3, -0.25) is 4.99 Å². The van der Waals surface area contributed by atoms with Gasteiger partial charge in [-0.1, -0.05) is 32.1 Å². The van der Waals surface area contributed by atoms with Crippen LogP contribution in [0.4, 0.5) is 0 Å². The lowest BCUT2D eigenvalue weighted by Gasteiger charge is -2.30. The third-order valence-corrected chi connectivity index (χ3v) is 5.31. The first-order valence-electron chi connectivity index (χ1n) is 9.41. The van der Waals surface area contributed by atoms with Gasteiger partial charge in [0, 0.05) is 26.7 Å². The van der Waals surface area contributed by atoms with Crippen LogP contribution in [0.2, 0.25) is 0 Å². The highest BCUT2D eigenvalue weighted by atomic mass is 15.2. The number of guanidine groups is 1. The van der Waals surface area contributed by atoms with Crippen LogP contribution in [0.15, 0.2) is 4.99 Å². The van der Waals surface area contributed by atoms with Gasteiger partial charge in [0.05, 0.1) is 0 Å². The number of hydrogen-bond donors (Lipinski definition) is 2. The molecule has 128 valence electrons. The molecule has 0 aromatic rings. The van der Waals surface area contributed by atoms with E-state index in [0.29, 0.717) is 0 Å². The molecule has 2 fully saturated rings. The summed E-state index contributed by atoms with van der Waals surface area (Å²) < 4.78 is 0. The van der Waals surface area contributed by atoms with E-state index in [4.69, 9.17) is 0 Å². The fourth-order valence-corrected chi connectivity index (χ4v) is 3.97. The number of nitrogens with zero attached hydrogens (tertiary/aromatic N) is 2. The Hall–Kier alpha value is -0.770. The summed E-state index contributed by atoms with van der Waals surface area (Å²) in [6.07, 6.45) is 12.6. The molecule has 4 nitrogen and oxygen atoms in total. The van der Waals surface area contributed by atoms with E-state index in [2.05, 4.69) is 27.6 Å². The molecule has 1 atom stereocenters. The van der Waals surface area contributed by atoms with E-state index in [0.717, 1.165) is 30.9 Å². The highest BCUT2D eigenvalue weighted by Gasteiger charge is 2.17. The van der Waals surface area contributed by atoms with Crippen LogP contribution in [0, 0.1) is 11.8 Å². The molecule has 22 heavy (non-hydrogen) atoms. The van der Waals surface area contributed by atoms with E-state index in [9.17, 15) is 0 Å². The Kier molecular flexibility index (Phi) is 8.06. The highest BCUT2D eigenvalue weighted by Crippen LogP contribution is 2.26. The second-order valence-electron chi connectivity index (χ2n) is 7.30. The van der Waals surface area contributed by atoms with Crippen molar-refractivity contribution < 1.29 is 0 Å².